The Morgan fingerprint density at radius 1 is 1.16 bits per heavy atom. The summed E-state index contributed by atoms with van der Waals surface area (Å²) in [5.41, 5.74) is 4.12. The lowest BCUT2D eigenvalue weighted by Gasteiger charge is -2.41. The van der Waals surface area contributed by atoms with Gasteiger partial charge in [-0.2, -0.15) is 9.61 Å². The summed E-state index contributed by atoms with van der Waals surface area (Å²) in [6.45, 7) is 11.6. The number of hydrogen-bond donors (Lipinski definition) is 1. The number of hydrogen-bond acceptors (Lipinski definition) is 8. The van der Waals surface area contributed by atoms with Gasteiger partial charge in [-0.05, 0) is 71.4 Å². The zero-order valence-electron chi connectivity index (χ0n) is 26.2. The number of aromatic nitrogens is 4. The van der Waals surface area contributed by atoms with Crippen molar-refractivity contribution in [2.24, 2.45) is 0 Å². The number of rotatable bonds is 3. The molecule has 0 spiro atoms. The Labute approximate surface area is 262 Å². The van der Waals surface area contributed by atoms with E-state index in [-0.39, 0.29) is 5.60 Å². The maximum absolute atomic E-state index is 12.7. The summed E-state index contributed by atoms with van der Waals surface area (Å²) in [5, 5.41) is 16.2. The molecule has 1 atom stereocenters. The summed E-state index contributed by atoms with van der Waals surface area (Å²) in [7, 11) is 0. The highest BCUT2D eigenvalue weighted by atomic mass is 32.1. The Hall–Kier alpha value is -3.60. The number of ether oxygens (including phenoxy) is 2. The van der Waals surface area contributed by atoms with E-state index < -0.39 is 17.7 Å². The molecule has 9 nitrogen and oxygen atoms in total. The fraction of sp³-hybridized carbons (Fsp3) is 0.471. The maximum atomic E-state index is 12.7. The minimum Gasteiger partial charge on any atom is -0.479 e. The molecular weight excluding hydrogens is 574 g/mol. The topological polar surface area (TPSA) is 102 Å². The molecule has 0 aliphatic carbocycles. The molecule has 8 bridgehead atoms. The van der Waals surface area contributed by atoms with Crippen molar-refractivity contribution < 1.29 is 19.4 Å². The quantitative estimate of drug-likeness (QED) is 0.258. The average molecular weight is 616 g/mol. The number of piperidine rings is 1. The molecule has 44 heavy (non-hydrogen) atoms. The van der Waals surface area contributed by atoms with Crippen LogP contribution in [0.4, 0.5) is 5.82 Å². The van der Waals surface area contributed by atoms with E-state index in [9.17, 15) is 9.90 Å². The number of nitrogens with zero attached hydrogens (tertiary/aromatic N) is 5. The van der Waals surface area contributed by atoms with Crippen LogP contribution in [0.3, 0.4) is 0 Å². The van der Waals surface area contributed by atoms with Gasteiger partial charge in [0.15, 0.2) is 11.8 Å². The van der Waals surface area contributed by atoms with Crippen LogP contribution in [0.5, 0.6) is 0 Å². The first-order valence-electron chi connectivity index (χ1n) is 15.4. The van der Waals surface area contributed by atoms with Crippen LogP contribution in [-0.4, -0.2) is 61.6 Å². The molecule has 3 aliphatic heterocycles. The summed E-state index contributed by atoms with van der Waals surface area (Å²) in [6.07, 6.45) is 9.39. The fourth-order valence-electron chi connectivity index (χ4n) is 6.04. The molecule has 7 rings (SSSR count). The zero-order chi connectivity index (χ0) is 31.1. The highest BCUT2D eigenvalue weighted by molar-refractivity contribution is 7.15. The van der Waals surface area contributed by atoms with Gasteiger partial charge in [-0.3, -0.25) is 0 Å². The monoisotopic (exact) mass is 615 g/mol. The first-order valence-corrected chi connectivity index (χ1v) is 16.2. The standard InChI is InChI=1S/C34H41N5O4S/c1-22-28(29(32(40)41)43-33(2,3)4)31-38-15-13-34(5,14-16-38)42-17-8-6-7-10-23-11-9-12-24(18-23)19-25-21-35-30(44-25)26-20-27(36-22)39(31)37-26/h6,8-9,11-12,18,20-21,29H,7,10,13-17,19H2,1-5H3,(H,40,41). The molecule has 4 aromatic rings. The molecule has 1 N–H and O–H groups in total. The Bertz CT molecular complexity index is 1690. The van der Waals surface area contributed by atoms with Gasteiger partial charge < -0.3 is 19.5 Å². The van der Waals surface area contributed by atoms with E-state index >= 15 is 0 Å². The molecule has 3 aliphatic rings. The van der Waals surface area contributed by atoms with Gasteiger partial charge in [0.05, 0.1) is 23.4 Å². The normalized spacial score (nSPS) is 18.0. The van der Waals surface area contributed by atoms with E-state index in [4.69, 9.17) is 24.5 Å². The van der Waals surface area contributed by atoms with Crippen molar-refractivity contribution in [1.82, 2.24) is 19.6 Å². The lowest BCUT2D eigenvalue weighted by Crippen LogP contribution is -2.45. The summed E-state index contributed by atoms with van der Waals surface area (Å²) in [5.74, 6) is -0.349. The van der Waals surface area contributed by atoms with E-state index in [0.717, 1.165) is 42.0 Å². The number of carbonyl (C=O) groups is 1. The van der Waals surface area contributed by atoms with E-state index in [0.29, 0.717) is 48.1 Å². The van der Waals surface area contributed by atoms with Crippen LogP contribution in [0, 0.1) is 6.92 Å². The lowest BCUT2D eigenvalue weighted by molar-refractivity contribution is -0.160. The van der Waals surface area contributed by atoms with Gasteiger partial charge in [-0.15, -0.1) is 11.3 Å². The third-order valence-corrected chi connectivity index (χ3v) is 9.34. The first-order chi connectivity index (χ1) is 21.0. The van der Waals surface area contributed by atoms with Crippen molar-refractivity contribution in [1.29, 1.82) is 0 Å². The number of allylic oxidation sites excluding steroid dienone is 1. The van der Waals surface area contributed by atoms with E-state index in [1.807, 2.05) is 40.0 Å². The SMILES string of the molecule is Cc1nc2cc3nn2c(c1C(OC(C)(C)C)C(=O)O)N1CCC(C)(CC1)OCC=CCCc1cccc(c1)Cc1cnc-3s1. The maximum Gasteiger partial charge on any atom is 0.337 e. The van der Waals surface area contributed by atoms with Crippen LogP contribution < -0.4 is 4.90 Å². The van der Waals surface area contributed by atoms with Crippen LogP contribution in [0.15, 0.2) is 48.7 Å². The molecular formula is C34H41N5O4S. The molecule has 3 aromatic heterocycles. The minimum absolute atomic E-state index is 0.282. The molecule has 232 valence electrons. The van der Waals surface area contributed by atoms with Crippen molar-refractivity contribution in [3.8, 4) is 10.7 Å². The third kappa shape index (κ3) is 6.57. The number of aryl methyl sites for hydroxylation is 2. The molecule has 10 heteroatoms. The number of thiazole rings is 1. The van der Waals surface area contributed by atoms with E-state index in [2.05, 4.69) is 48.2 Å². The van der Waals surface area contributed by atoms with Crippen molar-refractivity contribution >= 4 is 28.8 Å². The number of anilines is 1. The molecule has 0 radical (unpaired) electrons. The second-order valence-corrected chi connectivity index (χ2v) is 14.2. The first kappa shape index (κ1) is 30.4. The average Bonchev–Trinajstić information content (AvgIpc) is 3.60. The van der Waals surface area contributed by atoms with Crippen molar-refractivity contribution in [3.05, 3.63) is 75.9 Å². The smallest absolute Gasteiger partial charge is 0.337 e. The number of carboxylic acid groups (broad SMARTS) is 1. The molecule has 0 saturated carbocycles. The summed E-state index contributed by atoms with van der Waals surface area (Å²) < 4.78 is 14.4. The number of carboxylic acids is 1. The van der Waals surface area contributed by atoms with E-state index in [1.165, 1.54) is 11.1 Å². The molecule has 1 fully saturated rings. The van der Waals surface area contributed by atoms with Gasteiger partial charge in [0.2, 0.25) is 0 Å². The summed E-state index contributed by atoms with van der Waals surface area (Å²) >= 11 is 1.63. The Balaban J connectivity index is 1.47. The minimum atomic E-state index is -1.21. The van der Waals surface area contributed by atoms with Gasteiger partial charge in [-0.1, -0.05) is 36.4 Å². The fourth-order valence-corrected chi connectivity index (χ4v) is 6.94. The third-order valence-electron chi connectivity index (χ3n) is 8.32. The Morgan fingerprint density at radius 3 is 2.68 bits per heavy atom. The number of aliphatic carboxylic acids is 1. The lowest BCUT2D eigenvalue weighted by atomic mass is 9.92. The predicted octanol–water partition coefficient (Wildman–Crippen LogP) is 6.57. The Morgan fingerprint density at radius 2 is 1.93 bits per heavy atom. The predicted molar refractivity (Wildman–Crippen MR) is 173 cm³/mol. The van der Waals surface area contributed by atoms with Crippen molar-refractivity contribution in [2.75, 3.05) is 24.6 Å². The van der Waals surface area contributed by atoms with Gasteiger partial charge in [0.1, 0.15) is 16.5 Å². The van der Waals surface area contributed by atoms with E-state index in [1.54, 1.807) is 15.9 Å². The molecule has 6 heterocycles. The molecule has 1 aromatic carbocycles. The van der Waals surface area contributed by atoms with Crippen LogP contribution in [0.25, 0.3) is 16.3 Å². The molecule has 1 saturated heterocycles. The second-order valence-electron chi connectivity index (χ2n) is 13.1. The highest BCUT2D eigenvalue weighted by Crippen LogP contribution is 2.38. The van der Waals surface area contributed by atoms with Crippen LogP contribution in [0.1, 0.15) is 80.3 Å². The van der Waals surface area contributed by atoms with Crippen LogP contribution >= 0.6 is 11.3 Å². The van der Waals surface area contributed by atoms with Crippen LogP contribution in [0.2, 0.25) is 0 Å². The molecule has 0 amide bonds. The number of benzene rings is 1. The highest BCUT2D eigenvalue weighted by Gasteiger charge is 2.37. The second kappa shape index (κ2) is 12.1. The van der Waals surface area contributed by atoms with Gasteiger partial charge >= 0.3 is 5.97 Å². The van der Waals surface area contributed by atoms with Crippen LogP contribution in [-0.2, 0) is 27.1 Å². The molecule has 1 unspecified atom stereocenters. The van der Waals surface area contributed by atoms with Crippen molar-refractivity contribution in [2.45, 2.75) is 84.0 Å². The summed E-state index contributed by atoms with van der Waals surface area (Å²) in [4.78, 5) is 25.7. The summed E-state index contributed by atoms with van der Waals surface area (Å²) in [6, 6.07) is 10.7. The van der Waals surface area contributed by atoms with Gasteiger partial charge in [0.25, 0.3) is 0 Å². The van der Waals surface area contributed by atoms with Gasteiger partial charge in [0, 0.05) is 42.3 Å². The van der Waals surface area contributed by atoms with Gasteiger partial charge in [-0.25, -0.2) is 14.8 Å². The zero-order valence-corrected chi connectivity index (χ0v) is 27.0. The Kier molecular flexibility index (Phi) is 8.34. The largest absolute Gasteiger partial charge is 0.479 e. The number of fused-ring (bicyclic) bond motifs is 6. The van der Waals surface area contributed by atoms with Crippen molar-refractivity contribution in [3.63, 3.8) is 0 Å².